The van der Waals surface area contributed by atoms with E-state index in [0.29, 0.717) is 5.69 Å². The molecule has 1 aromatic carbocycles. The molecule has 1 unspecified atom stereocenters. The average Bonchev–Trinajstić information content (AvgIpc) is 2.70. The first-order valence-corrected chi connectivity index (χ1v) is 5.16. The van der Waals surface area contributed by atoms with E-state index < -0.39 is 17.7 Å². The molecule has 2 rings (SSSR count). The number of aliphatic hydroxyl groups excluding tert-OH is 1. The van der Waals surface area contributed by atoms with Crippen molar-refractivity contribution in [1.82, 2.24) is 9.55 Å². The third-order valence-corrected chi connectivity index (χ3v) is 2.62. The summed E-state index contributed by atoms with van der Waals surface area (Å²) in [6, 6.07) is 3.20. The van der Waals surface area contributed by atoms with Crippen LogP contribution < -0.4 is 0 Å². The Hall–Kier alpha value is -1.75. The summed E-state index contributed by atoms with van der Waals surface area (Å²) in [6.07, 6.45) is 2.16. The second-order valence-corrected chi connectivity index (χ2v) is 3.89. The van der Waals surface area contributed by atoms with Crippen LogP contribution in [0.1, 0.15) is 17.4 Å². The highest BCUT2D eigenvalue weighted by Crippen LogP contribution is 2.20. The van der Waals surface area contributed by atoms with Gasteiger partial charge in [0.1, 0.15) is 11.6 Å². The van der Waals surface area contributed by atoms with Crippen LogP contribution in [-0.4, -0.2) is 14.7 Å². The van der Waals surface area contributed by atoms with E-state index in [-0.39, 0.29) is 12.0 Å². The first-order valence-electron chi connectivity index (χ1n) is 5.16. The van der Waals surface area contributed by atoms with E-state index >= 15 is 0 Å². The van der Waals surface area contributed by atoms with Crippen molar-refractivity contribution in [2.24, 2.45) is 7.05 Å². The molecular weight excluding hydrogens is 226 g/mol. The number of aliphatic hydroxyl groups is 1. The zero-order chi connectivity index (χ0) is 12.4. The highest BCUT2D eigenvalue weighted by atomic mass is 19.1. The molecule has 0 amide bonds. The molecule has 0 spiro atoms. The molecule has 1 aromatic heterocycles. The minimum atomic E-state index is -0.904. The summed E-state index contributed by atoms with van der Waals surface area (Å²) in [5, 5.41) is 9.91. The van der Waals surface area contributed by atoms with E-state index in [1.807, 2.05) is 0 Å². The quantitative estimate of drug-likeness (QED) is 0.887. The van der Waals surface area contributed by atoms with Gasteiger partial charge in [-0.3, -0.25) is 0 Å². The average molecular weight is 238 g/mol. The number of nitrogens with zero attached hydrogens (tertiary/aromatic N) is 2. The van der Waals surface area contributed by atoms with Crippen LogP contribution in [0.2, 0.25) is 0 Å². The molecule has 3 nitrogen and oxygen atoms in total. The largest absolute Gasteiger partial charge is 0.386 e. The smallest absolute Gasteiger partial charge is 0.126 e. The number of halogens is 2. The number of hydrogen-bond donors (Lipinski definition) is 1. The summed E-state index contributed by atoms with van der Waals surface area (Å²) >= 11 is 0. The molecule has 0 bridgehead atoms. The molecule has 0 radical (unpaired) electrons. The lowest BCUT2D eigenvalue weighted by molar-refractivity contribution is 0.168. The monoisotopic (exact) mass is 238 g/mol. The lowest BCUT2D eigenvalue weighted by Gasteiger charge is -2.11. The maximum Gasteiger partial charge on any atom is 0.126 e. The Morgan fingerprint density at radius 2 is 2.18 bits per heavy atom. The van der Waals surface area contributed by atoms with Gasteiger partial charge >= 0.3 is 0 Å². The molecular formula is C12H12F2N2O. The van der Waals surface area contributed by atoms with Crippen molar-refractivity contribution in [2.45, 2.75) is 12.5 Å². The van der Waals surface area contributed by atoms with Gasteiger partial charge in [-0.05, 0) is 23.8 Å². The Kier molecular flexibility index (Phi) is 3.19. The second kappa shape index (κ2) is 4.63. The molecule has 90 valence electrons. The summed E-state index contributed by atoms with van der Waals surface area (Å²) in [4.78, 5) is 3.86. The van der Waals surface area contributed by atoms with Crippen LogP contribution in [0.3, 0.4) is 0 Å². The van der Waals surface area contributed by atoms with Crippen LogP contribution in [-0.2, 0) is 13.5 Å². The Labute approximate surface area is 97.3 Å². The van der Waals surface area contributed by atoms with Crippen molar-refractivity contribution in [3.8, 4) is 0 Å². The van der Waals surface area contributed by atoms with Crippen LogP contribution in [0, 0.1) is 11.6 Å². The second-order valence-electron chi connectivity index (χ2n) is 3.89. The van der Waals surface area contributed by atoms with Crippen molar-refractivity contribution in [2.75, 3.05) is 0 Å². The Bertz CT molecular complexity index is 525. The van der Waals surface area contributed by atoms with E-state index in [9.17, 15) is 13.9 Å². The van der Waals surface area contributed by atoms with E-state index in [4.69, 9.17) is 0 Å². The van der Waals surface area contributed by atoms with Gasteiger partial charge in [-0.15, -0.1) is 0 Å². The SMILES string of the molecule is Cn1cncc1C(O)Cc1cc(F)ccc1F. The fourth-order valence-electron chi connectivity index (χ4n) is 1.70. The van der Waals surface area contributed by atoms with E-state index in [1.54, 1.807) is 17.9 Å². The first kappa shape index (κ1) is 11.7. The summed E-state index contributed by atoms with van der Waals surface area (Å²) in [5.41, 5.74) is 0.715. The first-order chi connectivity index (χ1) is 8.08. The van der Waals surface area contributed by atoms with E-state index in [2.05, 4.69) is 4.98 Å². The molecule has 5 heteroatoms. The number of aryl methyl sites for hydroxylation is 1. The minimum absolute atomic E-state index is 0.0170. The van der Waals surface area contributed by atoms with Gasteiger partial charge in [-0.25, -0.2) is 13.8 Å². The van der Waals surface area contributed by atoms with Gasteiger partial charge in [0.2, 0.25) is 0 Å². The predicted molar refractivity (Wildman–Crippen MR) is 58.2 cm³/mol. The molecule has 1 N–H and O–H groups in total. The van der Waals surface area contributed by atoms with Crippen LogP contribution in [0.4, 0.5) is 8.78 Å². The van der Waals surface area contributed by atoms with Gasteiger partial charge < -0.3 is 9.67 Å². The number of imidazole rings is 1. The zero-order valence-electron chi connectivity index (χ0n) is 9.27. The molecule has 0 saturated heterocycles. The third kappa shape index (κ3) is 2.50. The highest BCUT2D eigenvalue weighted by molar-refractivity contribution is 5.21. The standard InChI is InChI=1S/C12H12F2N2O/c1-16-7-15-6-11(16)12(17)5-8-4-9(13)2-3-10(8)14/h2-4,6-7,12,17H,5H2,1H3. The number of benzene rings is 1. The van der Waals surface area contributed by atoms with Crippen molar-refractivity contribution in [1.29, 1.82) is 0 Å². The van der Waals surface area contributed by atoms with Gasteiger partial charge in [0.25, 0.3) is 0 Å². The number of aromatic nitrogens is 2. The van der Waals surface area contributed by atoms with Crippen molar-refractivity contribution >= 4 is 0 Å². The van der Waals surface area contributed by atoms with Crippen molar-refractivity contribution in [3.05, 3.63) is 53.6 Å². The summed E-state index contributed by atoms with van der Waals surface area (Å²) < 4.78 is 28.0. The molecule has 0 fully saturated rings. The maximum atomic E-state index is 13.4. The molecule has 0 saturated carbocycles. The van der Waals surface area contributed by atoms with Gasteiger partial charge in [-0.1, -0.05) is 0 Å². The van der Waals surface area contributed by atoms with E-state index in [0.717, 1.165) is 18.2 Å². The van der Waals surface area contributed by atoms with Crippen molar-refractivity contribution < 1.29 is 13.9 Å². The summed E-state index contributed by atoms with van der Waals surface area (Å²) in [7, 11) is 1.73. The number of rotatable bonds is 3. The molecule has 1 atom stereocenters. The van der Waals surface area contributed by atoms with Crippen molar-refractivity contribution in [3.63, 3.8) is 0 Å². The van der Waals surface area contributed by atoms with Gasteiger partial charge in [0.05, 0.1) is 24.3 Å². The zero-order valence-corrected chi connectivity index (χ0v) is 9.27. The Morgan fingerprint density at radius 1 is 1.41 bits per heavy atom. The highest BCUT2D eigenvalue weighted by Gasteiger charge is 2.15. The van der Waals surface area contributed by atoms with Gasteiger partial charge in [0.15, 0.2) is 0 Å². The Balaban J connectivity index is 2.21. The van der Waals surface area contributed by atoms with E-state index in [1.165, 1.54) is 6.20 Å². The Morgan fingerprint density at radius 3 is 2.82 bits per heavy atom. The molecule has 1 heterocycles. The fraction of sp³-hybridized carbons (Fsp3) is 0.250. The topological polar surface area (TPSA) is 38.0 Å². The van der Waals surface area contributed by atoms with Crippen LogP contribution in [0.15, 0.2) is 30.7 Å². The predicted octanol–water partition coefficient (Wildman–Crippen LogP) is 1.97. The molecule has 0 aliphatic rings. The fourth-order valence-corrected chi connectivity index (χ4v) is 1.70. The molecule has 17 heavy (non-hydrogen) atoms. The minimum Gasteiger partial charge on any atom is -0.386 e. The molecule has 2 aromatic rings. The lowest BCUT2D eigenvalue weighted by Crippen LogP contribution is -2.08. The van der Waals surface area contributed by atoms with Crippen LogP contribution >= 0.6 is 0 Å². The van der Waals surface area contributed by atoms with Crippen LogP contribution in [0.25, 0.3) is 0 Å². The summed E-state index contributed by atoms with van der Waals surface area (Å²) in [5.74, 6) is -1.04. The maximum absolute atomic E-state index is 13.4. The summed E-state index contributed by atoms with van der Waals surface area (Å²) in [6.45, 7) is 0. The molecule has 0 aliphatic carbocycles. The van der Waals surface area contributed by atoms with Crippen LogP contribution in [0.5, 0.6) is 0 Å². The molecule has 0 aliphatic heterocycles. The third-order valence-electron chi connectivity index (χ3n) is 2.62. The van der Waals surface area contributed by atoms with Gasteiger partial charge in [-0.2, -0.15) is 0 Å². The number of hydrogen-bond acceptors (Lipinski definition) is 2. The normalized spacial score (nSPS) is 12.7. The van der Waals surface area contributed by atoms with Gasteiger partial charge in [0, 0.05) is 13.5 Å². The lowest BCUT2D eigenvalue weighted by atomic mass is 10.1.